The maximum atomic E-state index is 12.6. The van der Waals surface area contributed by atoms with Crippen molar-refractivity contribution in [3.05, 3.63) is 70.0 Å². The molecule has 2 amide bonds. The van der Waals surface area contributed by atoms with Gasteiger partial charge in [-0.15, -0.1) is 10.2 Å². The fraction of sp³-hybridized carbons (Fsp3) is 0.238. The van der Waals surface area contributed by atoms with Crippen molar-refractivity contribution in [2.75, 3.05) is 11.1 Å². The number of carbonyl (C=O) groups is 2. The SMILES string of the molecule is CCn1c(SCC(=O)Nc2ccccc2)nnc1C(C)NC(=O)c1ccc(Cl)cc1Cl. The van der Waals surface area contributed by atoms with E-state index < -0.39 is 6.04 Å². The van der Waals surface area contributed by atoms with Gasteiger partial charge in [0.1, 0.15) is 0 Å². The largest absolute Gasteiger partial charge is 0.342 e. The Morgan fingerprint density at radius 1 is 1.13 bits per heavy atom. The molecule has 31 heavy (non-hydrogen) atoms. The number of hydrogen-bond donors (Lipinski definition) is 2. The van der Waals surface area contributed by atoms with Crippen molar-refractivity contribution in [2.24, 2.45) is 0 Å². The topological polar surface area (TPSA) is 88.9 Å². The Bertz CT molecular complexity index is 1070. The lowest BCUT2D eigenvalue weighted by Gasteiger charge is -2.15. The number of hydrogen-bond acceptors (Lipinski definition) is 5. The lowest BCUT2D eigenvalue weighted by Crippen LogP contribution is -2.29. The molecule has 0 radical (unpaired) electrons. The summed E-state index contributed by atoms with van der Waals surface area (Å²) < 4.78 is 1.87. The van der Waals surface area contributed by atoms with Crippen LogP contribution in [0.2, 0.25) is 10.0 Å². The summed E-state index contributed by atoms with van der Waals surface area (Å²) in [5, 5.41) is 15.5. The molecular weight excluding hydrogens is 457 g/mol. The van der Waals surface area contributed by atoms with Crippen LogP contribution in [0.25, 0.3) is 0 Å². The van der Waals surface area contributed by atoms with Crippen molar-refractivity contribution in [1.29, 1.82) is 0 Å². The van der Waals surface area contributed by atoms with E-state index in [1.54, 1.807) is 12.1 Å². The highest BCUT2D eigenvalue weighted by Crippen LogP contribution is 2.24. The van der Waals surface area contributed by atoms with E-state index in [-0.39, 0.29) is 22.6 Å². The molecule has 3 rings (SSSR count). The summed E-state index contributed by atoms with van der Waals surface area (Å²) >= 11 is 13.3. The molecule has 1 atom stereocenters. The molecule has 0 saturated carbocycles. The summed E-state index contributed by atoms with van der Waals surface area (Å²) in [5.41, 5.74) is 1.07. The summed E-state index contributed by atoms with van der Waals surface area (Å²) in [7, 11) is 0. The predicted octanol–water partition coefficient (Wildman–Crippen LogP) is 4.83. The first kappa shape index (κ1) is 23.1. The summed E-state index contributed by atoms with van der Waals surface area (Å²) in [4.78, 5) is 24.8. The average molecular weight is 478 g/mol. The molecule has 0 fully saturated rings. The first-order valence-corrected chi connectivity index (χ1v) is 11.3. The van der Waals surface area contributed by atoms with Crippen molar-refractivity contribution in [1.82, 2.24) is 20.1 Å². The Hall–Kier alpha value is -2.55. The molecule has 7 nitrogen and oxygen atoms in total. The maximum Gasteiger partial charge on any atom is 0.253 e. The number of benzene rings is 2. The number of carbonyl (C=O) groups excluding carboxylic acids is 2. The molecule has 0 bridgehead atoms. The van der Waals surface area contributed by atoms with Crippen molar-refractivity contribution in [2.45, 2.75) is 31.6 Å². The van der Waals surface area contributed by atoms with Crippen LogP contribution >= 0.6 is 35.0 Å². The van der Waals surface area contributed by atoms with Gasteiger partial charge < -0.3 is 15.2 Å². The van der Waals surface area contributed by atoms with Crippen molar-refractivity contribution in [3.8, 4) is 0 Å². The Morgan fingerprint density at radius 3 is 2.55 bits per heavy atom. The first-order chi connectivity index (χ1) is 14.9. The molecular formula is C21H21Cl2N5O2S. The number of aromatic nitrogens is 3. The van der Waals surface area contributed by atoms with E-state index in [0.717, 1.165) is 5.69 Å². The van der Waals surface area contributed by atoms with Gasteiger partial charge in [-0.2, -0.15) is 0 Å². The molecule has 1 unspecified atom stereocenters. The Labute approximate surface area is 194 Å². The fourth-order valence-electron chi connectivity index (χ4n) is 2.89. The number of anilines is 1. The number of thioether (sulfide) groups is 1. The minimum atomic E-state index is -0.417. The number of rotatable bonds is 8. The van der Waals surface area contributed by atoms with Crippen LogP contribution in [0.1, 0.15) is 36.1 Å². The third-order valence-corrected chi connectivity index (χ3v) is 5.88. The molecule has 162 valence electrons. The van der Waals surface area contributed by atoms with E-state index in [1.807, 2.05) is 48.7 Å². The standard InChI is InChI=1S/C21H21Cl2N5O2S/c1-3-28-19(13(2)24-20(30)16-10-9-14(22)11-17(16)23)26-27-21(28)31-12-18(29)25-15-7-5-4-6-8-15/h4-11,13H,3,12H2,1-2H3,(H,24,30)(H,25,29). The van der Waals surface area contributed by atoms with Crippen molar-refractivity contribution >= 4 is 52.5 Å². The molecule has 0 aliphatic rings. The molecule has 10 heteroatoms. The zero-order valence-electron chi connectivity index (χ0n) is 16.9. The molecule has 1 heterocycles. The van der Waals surface area contributed by atoms with Crippen LogP contribution in [-0.2, 0) is 11.3 Å². The van der Waals surface area contributed by atoms with Crippen LogP contribution in [0.4, 0.5) is 5.69 Å². The highest BCUT2D eigenvalue weighted by molar-refractivity contribution is 7.99. The summed E-state index contributed by atoms with van der Waals surface area (Å²) in [5.74, 6) is 0.305. The van der Waals surface area contributed by atoms with Gasteiger partial charge in [0.25, 0.3) is 5.91 Å². The average Bonchev–Trinajstić information content (AvgIpc) is 3.16. The number of halogens is 2. The number of nitrogens with one attached hydrogen (secondary N) is 2. The Morgan fingerprint density at radius 2 is 1.87 bits per heavy atom. The van der Waals surface area contributed by atoms with Crippen molar-refractivity contribution in [3.63, 3.8) is 0 Å². The lowest BCUT2D eigenvalue weighted by atomic mass is 10.2. The van der Waals surface area contributed by atoms with E-state index in [1.165, 1.54) is 17.8 Å². The van der Waals surface area contributed by atoms with Gasteiger partial charge in [-0.3, -0.25) is 9.59 Å². The molecule has 2 aromatic carbocycles. The van der Waals surface area contributed by atoms with Crippen molar-refractivity contribution < 1.29 is 9.59 Å². The molecule has 1 aromatic heterocycles. The van der Waals surface area contributed by atoms with Crippen LogP contribution in [-0.4, -0.2) is 32.3 Å². The molecule has 0 aliphatic heterocycles. The van der Waals surface area contributed by atoms with Crippen LogP contribution in [0.3, 0.4) is 0 Å². The number of para-hydroxylation sites is 1. The second kappa shape index (κ2) is 10.7. The van der Waals surface area contributed by atoms with Gasteiger partial charge in [-0.25, -0.2) is 0 Å². The van der Waals surface area contributed by atoms with Gasteiger partial charge in [0.15, 0.2) is 11.0 Å². The molecule has 0 spiro atoms. The zero-order chi connectivity index (χ0) is 22.4. The zero-order valence-corrected chi connectivity index (χ0v) is 19.3. The minimum Gasteiger partial charge on any atom is -0.342 e. The number of amides is 2. The summed E-state index contributed by atoms with van der Waals surface area (Å²) in [6, 6.07) is 13.5. The monoisotopic (exact) mass is 477 g/mol. The van der Waals surface area contributed by atoms with Gasteiger partial charge in [-0.05, 0) is 44.2 Å². The third-order valence-electron chi connectivity index (χ3n) is 4.36. The summed E-state index contributed by atoms with van der Waals surface area (Å²) in [6.45, 7) is 4.35. The molecule has 0 saturated heterocycles. The second-order valence-electron chi connectivity index (χ2n) is 6.61. The van der Waals surface area contributed by atoms with Gasteiger partial charge in [0.05, 0.1) is 22.4 Å². The Kier molecular flexibility index (Phi) is 7.95. The van der Waals surface area contributed by atoms with Gasteiger partial charge in [-0.1, -0.05) is 53.2 Å². The summed E-state index contributed by atoms with van der Waals surface area (Å²) in [6.07, 6.45) is 0. The van der Waals surface area contributed by atoms with Crippen LogP contribution in [0.15, 0.2) is 53.7 Å². The van der Waals surface area contributed by atoms with E-state index in [9.17, 15) is 9.59 Å². The fourth-order valence-corrected chi connectivity index (χ4v) is 4.19. The normalized spacial score (nSPS) is 11.7. The third kappa shape index (κ3) is 6.00. The molecule has 2 N–H and O–H groups in total. The van der Waals surface area contributed by atoms with Crippen LogP contribution in [0.5, 0.6) is 0 Å². The number of nitrogens with zero attached hydrogens (tertiary/aromatic N) is 3. The quantitative estimate of drug-likeness (QED) is 0.453. The van der Waals surface area contributed by atoms with E-state index in [4.69, 9.17) is 23.2 Å². The molecule has 3 aromatic rings. The van der Waals surface area contributed by atoms with Gasteiger partial charge in [0.2, 0.25) is 5.91 Å². The predicted molar refractivity (Wildman–Crippen MR) is 124 cm³/mol. The lowest BCUT2D eigenvalue weighted by molar-refractivity contribution is -0.113. The maximum absolute atomic E-state index is 12.6. The molecule has 0 aliphatic carbocycles. The smallest absolute Gasteiger partial charge is 0.253 e. The Balaban J connectivity index is 1.64. The van der Waals surface area contributed by atoms with Crippen LogP contribution < -0.4 is 10.6 Å². The van der Waals surface area contributed by atoms with E-state index in [0.29, 0.717) is 28.1 Å². The van der Waals surface area contributed by atoms with Gasteiger partial charge in [0, 0.05) is 17.3 Å². The van der Waals surface area contributed by atoms with E-state index >= 15 is 0 Å². The highest BCUT2D eigenvalue weighted by Gasteiger charge is 2.21. The van der Waals surface area contributed by atoms with Gasteiger partial charge >= 0.3 is 0 Å². The van der Waals surface area contributed by atoms with E-state index in [2.05, 4.69) is 20.8 Å². The highest BCUT2D eigenvalue weighted by atomic mass is 35.5. The van der Waals surface area contributed by atoms with Crippen LogP contribution in [0, 0.1) is 0 Å². The minimum absolute atomic E-state index is 0.137. The first-order valence-electron chi connectivity index (χ1n) is 9.55. The second-order valence-corrected chi connectivity index (χ2v) is 8.39.